The van der Waals surface area contributed by atoms with Crippen LogP contribution in [0.5, 0.6) is 0 Å². The van der Waals surface area contributed by atoms with Gasteiger partial charge in [-0.25, -0.2) is 0 Å². The Kier molecular flexibility index (Phi) is 7.63. The lowest BCUT2D eigenvalue weighted by Gasteiger charge is -2.27. The Morgan fingerprint density at radius 3 is 1.09 bits per heavy atom. The van der Waals surface area contributed by atoms with Gasteiger partial charge in [0.1, 0.15) is 0 Å². The summed E-state index contributed by atoms with van der Waals surface area (Å²) in [6.07, 6.45) is 0. The van der Waals surface area contributed by atoms with E-state index in [0.717, 1.165) is 17.1 Å². The van der Waals surface area contributed by atoms with E-state index < -0.39 is 0 Å². The van der Waals surface area contributed by atoms with Crippen LogP contribution in [0.25, 0.3) is 55.3 Å². The first kappa shape index (κ1) is 28.3. The molecular weight excluding hydrogens is 567 g/mol. The lowest BCUT2D eigenvalue weighted by Crippen LogP contribution is -2.10. The molecule has 47 heavy (non-hydrogen) atoms. The monoisotopic (exact) mass is 599 g/mol. The molecule has 0 radical (unpaired) electrons. The highest BCUT2D eigenvalue weighted by Gasteiger charge is 2.16. The molecule has 1 heteroatoms. The van der Waals surface area contributed by atoms with Gasteiger partial charge in [0.15, 0.2) is 0 Å². The second kappa shape index (κ2) is 12.7. The Morgan fingerprint density at radius 2 is 0.553 bits per heavy atom. The van der Waals surface area contributed by atoms with E-state index in [4.69, 9.17) is 0 Å². The molecule has 0 aliphatic carbocycles. The number of fused-ring (bicyclic) bond motifs is 1. The lowest BCUT2D eigenvalue weighted by atomic mass is 9.99. The van der Waals surface area contributed by atoms with Crippen molar-refractivity contribution in [1.29, 1.82) is 0 Å². The number of hydrogen-bond acceptors (Lipinski definition) is 1. The average molecular weight is 600 g/mol. The summed E-state index contributed by atoms with van der Waals surface area (Å²) in [7, 11) is 0. The van der Waals surface area contributed by atoms with Crippen molar-refractivity contribution in [3.63, 3.8) is 0 Å². The molecule has 8 aromatic rings. The van der Waals surface area contributed by atoms with Gasteiger partial charge in [0.25, 0.3) is 0 Å². The smallest absolute Gasteiger partial charge is 0.0467 e. The fourth-order valence-corrected chi connectivity index (χ4v) is 6.41. The predicted molar refractivity (Wildman–Crippen MR) is 200 cm³/mol. The van der Waals surface area contributed by atoms with Crippen LogP contribution in [-0.4, -0.2) is 0 Å². The largest absolute Gasteiger partial charge is 0.310 e. The summed E-state index contributed by atoms with van der Waals surface area (Å²) in [6, 6.07) is 71.9. The predicted octanol–water partition coefficient (Wildman–Crippen LogP) is 13.0. The van der Waals surface area contributed by atoms with Gasteiger partial charge in [-0.15, -0.1) is 0 Å². The highest BCUT2D eigenvalue weighted by molar-refractivity contribution is 5.89. The van der Waals surface area contributed by atoms with Crippen molar-refractivity contribution in [3.05, 3.63) is 200 Å². The van der Waals surface area contributed by atoms with Crippen molar-refractivity contribution in [2.75, 3.05) is 4.90 Å². The number of anilines is 3. The number of rotatable bonds is 7. The third-order valence-corrected chi connectivity index (χ3v) is 8.83. The Labute approximate surface area is 276 Å². The first-order valence-electron chi connectivity index (χ1n) is 16.1. The van der Waals surface area contributed by atoms with Gasteiger partial charge in [0.2, 0.25) is 0 Å². The zero-order valence-corrected chi connectivity index (χ0v) is 26.0. The third kappa shape index (κ3) is 5.95. The Morgan fingerprint density at radius 1 is 0.213 bits per heavy atom. The molecule has 0 heterocycles. The fourth-order valence-electron chi connectivity index (χ4n) is 6.41. The quantitative estimate of drug-likeness (QED) is 0.176. The van der Waals surface area contributed by atoms with Gasteiger partial charge in [0, 0.05) is 17.1 Å². The van der Waals surface area contributed by atoms with Crippen LogP contribution in [0.3, 0.4) is 0 Å². The SMILES string of the molecule is c1ccc(-c2ccc(-c3cccc(N(c4cccc(-c5ccccc5)c4)c4cccc(-c5ccc6ccccc6c5)c4)c3)cc2)cc1. The van der Waals surface area contributed by atoms with E-state index in [9.17, 15) is 0 Å². The van der Waals surface area contributed by atoms with Crippen LogP contribution in [0.4, 0.5) is 17.1 Å². The minimum Gasteiger partial charge on any atom is -0.310 e. The number of hydrogen-bond donors (Lipinski definition) is 0. The molecule has 222 valence electrons. The summed E-state index contributed by atoms with van der Waals surface area (Å²) >= 11 is 0. The molecule has 0 fully saturated rings. The topological polar surface area (TPSA) is 3.24 Å². The fraction of sp³-hybridized carbons (Fsp3) is 0. The van der Waals surface area contributed by atoms with Crippen molar-refractivity contribution in [1.82, 2.24) is 0 Å². The molecule has 0 amide bonds. The molecule has 0 spiro atoms. The van der Waals surface area contributed by atoms with Crippen molar-refractivity contribution >= 4 is 27.8 Å². The van der Waals surface area contributed by atoms with E-state index in [1.807, 2.05) is 0 Å². The molecule has 0 atom stereocenters. The van der Waals surface area contributed by atoms with E-state index in [1.165, 1.54) is 55.3 Å². The standard InChI is InChI=1S/C46H33N/c1-3-12-34(13-4-1)37-24-26-38(27-25-37)41-19-10-22-45(32-41)47(44-21-9-18-40(31-44)35-14-5-2-6-15-35)46-23-11-20-42(33-46)43-29-28-36-16-7-8-17-39(36)30-43/h1-33H. The summed E-state index contributed by atoms with van der Waals surface area (Å²) in [4.78, 5) is 2.37. The molecule has 8 rings (SSSR count). The summed E-state index contributed by atoms with van der Waals surface area (Å²) in [5.74, 6) is 0. The van der Waals surface area contributed by atoms with E-state index in [-0.39, 0.29) is 0 Å². The molecule has 0 aromatic heterocycles. The van der Waals surface area contributed by atoms with Gasteiger partial charge < -0.3 is 4.90 Å². The van der Waals surface area contributed by atoms with Crippen LogP contribution >= 0.6 is 0 Å². The maximum absolute atomic E-state index is 2.37. The second-order valence-electron chi connectivity index (χ2n) is 11.9. The van der Waals surface area contributed by atoms with Gasteiger partial charge in [0.05, 0.1) is 0 Å². The van der Waals surface area contributed by atoms with Crippen molar-refractivity contribution in [2.24, 2.45) is 0 Å². The molecule has 0 aliphatic rings. The van der Waals surface area contributed by atoms with Crippen LogP contribution < -0.4 is 4.90 Å². The number of nitrogens with zero attached hydrogens (tertiary/aromatic N) is 1. The first-order valence-corrected chi connectivity index (χ1v) is 16.1. The van der Waals surface area contributed by atoms with Crippen LogP contribution in [0.1, 0.15) is 0 Å². The maximum Gasteiger partial charge on any atom is 0.0467 e. The summed E-state index contributed by atoms with van der Waals surface area (Å²) < 4.78 is 0. The maximum atomic E-state index is 2.37. The van der Waals surface area contributed by atoms with Gasteiger partial charge in [-0.1, -0.05) is 158 Å². The van der Waals surface area contributed by atoms with Crippen molar-refractivity contribution in [3.8, 4) is 44.5 Å². The molecule has 0 N–H and O–H groups in total. The normalized spacial score (nSPS) is 11.0. The van der Waals surface area contributed by atoms with Crippen LogP contribution in [0.2, 0.25) is 0 Å². The third-order valence-electron chi connectivity index (χ3n) is 8.83. The molecule has 0 saturated carbocycles. The van der Waals surface area contributed by atoms with Crippen molar-refractivity contribution in [2.45, 2.75) is 0 Å². The van der Waals surface area contributed by atoms with E-state index >= 15 is 0 Å². The highest BCUT2D eigenvalue weighted by atomic mass is 15.1. The molecule has 1 nitrogen and oxygen atoms in total. The van der Waals surface area contributed by atoms with Crippen molar-refractivity contribution < 1.29 is 0 Å². The molecule has 0 unspecified atom stereocenters. The van der Waals surface area contributed by atoms with Gasteiger partial charge in [-0.3, -0.25) is 0 Å². The zero-order valence-electron chi connectivity index (χ0n) is 26.0. The summed E-state index contributed by atoms with van der Waals surface area (Å²) in [5.41, 5.74) is 12.9. The van der Waals surface area contributed by atoms with E-state index in [0.29, 0.717) is 0 Å². The van der Waals surface area contributed by atoms with Crippen LogP contribution in [-0.2, 0) is 0 Å². The highest BCUT2D eigenvalue weighted by Crippen LogP contribution is 2.40. The van der Waals surface area contributed by atoms with Gasteiger partial charge in [-0.05, 0) is 97.7 Å². The zero-order chi connectivity index (χ0) is 31.4. The second-order valence-corrected chi connectivity index (χ2v) is 11.9. The minimum atomic E-state index is 1.11. The minimum absolute atomic E-state index is 1.11. The molecule has 0 saturated heterocycles. The lowest BCUT2D eigenvalue weighted by molar-refractivity contribution is 1.28. The molecule has 0 bridgehead atoms. The Hall–Kier alpha value is -6.18. The van der Waals surface area contributed by atoms with Crippen LogP contribution in [0.15, 0.2) is 200 Å². The van der Waals surface area contributed by atoms with Gasteiger partial charge in [-0.2, -0.15) is 0 Å². The van der Waals surface area contributed by atoms with E-state index in [1.54, 1.807) is 0 Å². The molecular formula is C46H33N. The molecule has 8 aromatic carbocycles. The first-order chi connectivity index (χ1) is 23.3. The number of benzene rings is 8. The van der Waals surface area contributed by atoms with Gasteiger partial charge >= 0.3 is 0 Å². The average Bonchev–Trinajstić information content (AvgIpc) is 3.16. The summed E-state index contributed by atoms with van der Waals surface area (Å²) in [6.45, 7) is 0. The Bertz CT molecular complexity index is 2290. The Balaban J connectivity index is 1.23. The summed E-state index contributed by atoms with van der Waals surface area (Å²) in [5, 5.41) is 2.49. The van der Waals surface area contributed by atoms with E-state index in [2.05, 4.69) is 205 Å². The van der Waals surface area contributed by atoms with Crippen LogP contribution in [0, 0.1) is 0 Å². The molecule has 0 aliphatic heterocycles.